The Morgan fingerprint density at radius 3 is 2.22 bits per heavy atom. The molecule has 222 valence electrons. The van der Waals surface area contributed by atoms with Gasteiger partial charge in [-0.25, -0.2) is 0 Å². The smallest absolute Gasteiger partial charge is 0.0924 e. The molecular weight excluding hydrogens is 544 g/mol. The second-order valence-corrected chi connectivity index (χ2v) is 11.0. The lowest BCUT2D eigenvalue weighted by atomic mass is 9.94. The van der Waals surface area contributed by atoms with E-state index in [4.69, 9.17) is 4.99 Å². The van der Waals surface area contributed by atoms with Gasteiger partial charge in [0.2, 0.25) is 0 Å². The molecule has 2 aliphatic rings. The molecule has 2 heteroatoms. The van der Waals surface area contributed by atoms with Crippen molar-refractivity contribution in [3.63, 3.8) is 0 Å². The van der Waals surface area contributed by atoms with Crippen molar-refractivity contribution in [1.29, 1.82) is 0 Å². The Hall–Kier alpha value is -5.21. The number of rotatable bonds is 4. The van der Waals surface area contributed by atoms with Crippen LogP contribution in [0.25, 0.3) is 66.0 Å². The zero-order valence-electron chi connectivity index (χ0n) is 26.8. The fourth-order valence-corrected chi connectivity index (χ4v) is 6.90. The van der Waals surface area contributed by atoms with Gasteiger partial charge in [0, 0.05) is 29.1 Å². The molecule has 0 fully saturated rings. The lowest BCUT2D eigenvalue weighted by Crippen LogP contribution is -2.01. The maximum atomic E-state index is 4.90. The fourth-order valence-electron chi connectivity index (χ4n) is 6.90. The van der Waals surface area contributed by atoms with Crippen molar-refractivity contribution in [2.75, 3.05) is 0 Å². The normalized spacial score (nSPS) is 13.2. The predicted octanol–water partition coefficient (Wildman–Crippen LogP) is 12.6. The largest absolute Gasteiger partial charge is 0.314 e. The lowest BCUT2D eigenvalue weighted by Gasteiger charge is -2.14. The molecule has 0 saturated heterocycles. The van der Waals surface area contributed by atoms with Gasteiger partial charge in [0.25, 0.3) is 0 Å². The van der Waals surface area contributed by atoms with Crippen LogP contribution in [0.5, 0.6) is 0 Å². The van der Waals surface area contributed by atoms with Gasteiger partial charge in [0.15, 0.2) is 0 Å². The summed E-state index contributed by atoms with van der Waals surface area (Å²) in [7, 11) is 0. The molecule has 0 radical (unpaired) electrons. The second kappa shape index (κ2) is 12.8. The summed E-state index contributed by atoms with van der Waals surface area (Å²) in [5.74, 6) is 0. The van der Waals surface area contributed by atoms with Crippen LogP contribution in [0.2, 0.25) is 0 Å². The van der Waals surface area contributed by atoms with E-state index in [1.54, 1.807) is 0 Å². The topological polar surface area (TPSA) is 17.3 Å². The van der Waals surface area contributed by atoms with E-state index in [0.29, 0.717) is 0 Å². The van der Waals surface area contributed by atoms with E-state index in [0.717, 1.165) is 18.5 Å². The van der Waals surface area contributed by atoms with E-state index in [2.05, 4.69) is 147 Å². The number of aliphatic imine (C=N–C) groups is 1. The quantitative estimate of drug-likeness (QED) is 0.145. The molecule has 0 spiro atoms. The minimum absolute atomic E-state index is 0.855. The number of fused-ring (bicyclic) bond motifs is 8. The average Bonchev–Trinajstić information content (AvgIpc) is 3.48. The SMILES string of the molecule is C=C.CC.CC/C(=C\C=C(/C)c1ccc2c3c(cccc13)-c1ccccc1-2)n1c2c(c3ccc4ccccc4c31)N=CC=CC2. The van der Waals surface area contributed by atoms with Gasteiger partial charge < -0.3 is 4.57 Å². The molecule has 0 atom stereocenters. The van der Waals surface area contributed by atoms with Crippen molar-refractivity contribution in [2.24, 2.45) is 4.99 Å². The standard InChI is InChI=1S/C39H30N2.C2H6.C2H4/c1-3-27(41-36-17-8-9-24-40-38(36)35-21-19-26-11-4-5-12-29(26)39(35)41)20-18-25(2)28-22-23-34-31-14-7-6-13-30(31)33-16-10-15-32(28)37(33)34;2*1-2/h4-16,18-24H,3,17H2,1-2H3;1-2H3;1-2H2/b25-18+,27-20+;;. The summed E-state index contributed by atoms with van der Waals surface area (Å²) in [6.45, 7) is 14.5. The summed E-state index contributed by atoms with van der Waals surface area (Å²) in [6.07, 6.45) is 12.6. The van der Waals surface area contributed by atoms with Crippen LogP contribution >= 0.6 is 0 Å². The first-order valence-electron chi connectivity index (χ1n) is 16.0. The Bertz CT molecular complexity index is 2150. The molecule has 8 rings (SSSR count). The third-order valence-corrected chi connectivity index (χ3v) is 8.81. The van der Waals surface area contributed by atoms with E-state index in [1.165, 1.54) is 77.2 Å². The van der Waals surface area contributed by atoms with Crippen LogP contribution in [0.3, 0.4) is 0 Å². The third-order valence-electron chi connectivity index (χ3n) is 8.81. The minimum Gasteiger partial charge on any atom is -0.314 e. The Labute approximate surface area is 267 Å². The van der Waals surface area contributed by atoms with Gasteiger partial charge in [-0.1, -0.05) is 118 Å². The van der Waals surface area contributed by atoms with Crippen molar-refractivity contribution >= 4 is 55.6 Å². The molecule has 5 aromatic carbocycles. The summed E-state index contributed by atoms with van der Waals surface area (Å²) in [6, 6.07) is 33.3. The van der Waals surface area contributed by atoms with Gasteiger partial charge in [-0.2, -0.15) is 0 Å². The molecule has 6 aromatic rings. The molecular formula is C43H40N2. The molecule has 0 unspecified atom stereocenters. The van der Waals surface area contributed by atoms with Gasteiger partial charge in [-0.15, -0.1) is 13.2 Å². The Kier molecular flexibility index (Phi) is 8.49. The first kappa shape index (κ1) is 29.8. The number of hydrogen-bond acceptors (Lipinski definition) is 1. The predicted molar refractivity (Wildman–Crippen MR) is 200 cm³/mol. The molecule has 1 aromatic heterocycles. The molecule has 0 N–H and O–H groups in total. The lowest BCUT2D eigenvalue weighted by molar-refractivity contribution is 0.976. The first-order valence-corrected chi connectivity index (χ1v) is 16.0. The number of aromatic nitrogens is 1. The van der Waals surface area contributed by atoms with Crippen LogP contribution in [-0.2, 0) is 6.42 Å². The van der Waals surface area contributed by atoms with E-state index < -0.39 is 0 Å². The highest BCUT2D eigenvalue weighted by Gasteiger charge is 2.23. The third kappa shape index (κ3) is 4.87. The van der Waals surface area contributed by atoms with Crippen molar-refractivity contribution in [3.05, 3.63) is 140 Å². The molecule has 0 bridgehead atoms. The summed E-state index contributed by atoms with van der Waals surface area (Å²) in [5.41, 5.74) is 12.8. The van der Waals surface area contributed by atoms with E-state index in [1.807, 2.05) is 20.1 Å². The van der Waals surface area contributed by atoms with E-state index >= 15 is 0 Å². The summed E-state index contributed by atoms with van der Waals surface area (Å²) in [4.78, 5) is 4.90. The summed E-state index contributed by atoms with van der Waals surface area (Å²) >= 11 is 0. The van der Waals surface area contributed by atoms with E-state index in [9.17, 15) is 0 Å². The molecule has 1 aliphatic carbocycles. The maximum Gasteiger partial charge on any atom is 0.0924 e. The van der Waals surface area contributed by atoms with Crippen molar-refractivity contribution in [3.8, 4) is 22.3 Å². The molecule has 45 heavy (non-hydrogen) atoms. The number of allylic oxidation sites excluding steroid dienone is 6. The van der Waals surface area contributed by atoms with Crippen LogP contribution in [0.4, 0.5) is 5.69 Å². The zero-order valence-corrected chi connectivity index (χ0v) is 26.8. The number of nitrogens with zero attached hydrogens (tertiary/aromatic N) is 2. The number of benzene rings is 5. The Balaban J connectivity index is 0.000000860. The number of hydrogen-bond donors (Lipinski definition) is 0. The first-order chi connectivity index (χ1) is 22.2. The van der Waals surface area contributed by atoms with Gasteiger partial charge in [0.05, 0.1) is 16.9 Å². The second-order valence-electron chi connectivity index (χ2n) is 11.0. The molecule has 2 heterocycles. The minimum atomic E-state index is 0.855. The monoisotopic (exact) mass is 584 g/mol. The molecule has 2 nitrogen and oxygen atoms in total. The van der Waals surface area contributed by atoms with Crippen LogP contribution < -0.4 is 0 Å². The highest BCUT2D eigenvalue weighted by molar-refractivity contribution is 6.17. The van der Waals surface area contributed by atoms with Crippen LogP contribution in [0, 0.1) is 0 Å². The van der Waals surface area contributed by atoms with Crippen LogP contribution in [0.15, 0.2) is 133 Å². The summed E-state index contributed by atoms with van der Waals surface area (Å²) < 4.78 is 2.48. The van der Waals surface area contributed by atoms with Gasteiger partial charge in [-0.3, -0.25) is 4.99 Å². The Morgan fingerprint density at radius 1 is 0.756 bits per heavy atom. The van der Waals surface area contributed by atoms with Crippen molar-refractivity contribution in [1.82, 2.24) is 4.57 Å². The van der Waals surface area contributed by atoms with Crippen molar-refractivity contribution in [2.45, 2.75) is 40.5 Å². The van der Waals surface area contributed by atoms with Crippen LogP contribution in [0.1, 0.15) is 45.4 Å². The fraction of sp³-hybridized carbons (Fsp3) is 0.140. The average molecular weight is 585 g/mol. The summed E-state index contributed by atoms with van der Waals surface area (Å²) in [5, 5.41) is 6.43. The molecule has 1 aliphatic heterocycles. The van der Waals surface area contributed by atoms with E-state index in [-0.39, 0.29) is 0 Å². The van der Waals surface area contributed by atoms with Gasteiger partial charge in [0.1, 0.15) is 0 Å². The zero-order chi connectivity index (χ0) is 31.5. The highest BCUT2D eigenvalue weighted by Crippen LogP contribution is 2.48. The van der Waals surface area contributed by atoms with Crippen LogP contribution in [-0.4, -0.2) is 10.8 Å². The maximum absolute atomic E-state index is 4.90. The molecule has 0 amide bonds. The molecule has 0 saturated carbocycles. The van der Waals surface area contributed by atoms with Gasteiger partial charge >= 0.3 is 0 Å². The Morgan fingerprint density at radius 2 is 1.44 bits per heavy atom. The van der Waals surface area contributed by atoms with Gasteiger partial charge in [-0.05, 0) is 81.1 Å². The highest BCUT2D eigenvalue weighted by atomic mass is 15.0. The van der Waals surface area contributed by atoms with Crippen molar-refractivity contribution < 1.29 is 0 Å².